The molecule has 0 radical (unpaired) electrons. The SMILES string of the molecule is NCC1(c2nc3c(F)c(F)ccc3[nH]2)CCCC1. The second-order valence-electron chi connectivity index (χ2n) is 5.03. The van der Waals surface area contributed by atoms with Crippen molar-refractivity contribution >= 4 is 11.0 Å². The standard InChI is InChI=1S/C13H15F2N3/c14-8-3-4-9-11(10(8)15)18-12(17-9)13(7-16)5-1-2-6-13/h3-4H,1-2,5-7,16H2,(H,17,18). The zero-order chi connectivity index (χ0) is 12.8. The average molecular weight is 251 g/mol. The fourth-order valence-corrected chi connectivity index (χ4v) is 2.86. The third-order valence-electron chi connectivity index (χ3n) is 4.00. The van der Waals surface area contributed by atoms with E-state index >= 15 is 0 Å². The van der Waals surface area contributed by atoms with E-state index in [9.17, 15) is 8.78 Å². The molecule has 1 heterocycles. The van der Waals surface area contributed by atoms with Crippen molar-refractivity contribution in [2.75, 3.05) is 6.54 Å². The summed E-state index contributed by atoms with van der Waals surface area (Å²) in [5.41, 5.74) is 6.28. The number of nitrogens with one attached hydrogen (secondary N) is 1. The van der Waals surface area contributed by atoms with Crippen molar-refractivity contribution in [1.29, 1.82) is 0 Å². The van der Waals surface area contributed by atoms with Crippen molar-refractivity contribution in [2.24, 2.45) is 5.73 Å². The minimum absolute atomic E-state index is 0.0738. The Morgan fingerprint density at radius 3 is 2.67 bits per heavy atom. The number of nitrogens with zero attached hydrogens (tertiary/aromatic N) is 1. The van der Waals surface area contributed by atoms with E-state index in [-0.39, 0.29) is 10.9 Å². The van der Waals surface area contributed by atoms with Gasteiger partial charge in [0.1, 0.15) is 11.3 Å². The Morgan fingerprint density at radius 1 is 1.28 bits per heavy atom. The van der Waals surface area contributed by atoms with Gasteiger partial charge in [0, 0.05) is 12.0 Å². The molecule has 1 aliphatic rings. The Balaban J connectivity index is 2.16. The van der Waals surface area contributed by atoms with Crippen LogP contribution in [0.4, 0.5) is 8.78 Å². The molecule has 1 aromatic carbocycles. The van der Waals surface area contributed by atoms with Crippen LogP contribution in [0.15, 0.2) is 12.1 Å². The topological polar surface area (TPSA) is 54.7 Å². The fraction of sp³-hybridized carbons (Fsp3) is 0.462. The Bertz CT molecular complexity index is 585. The molecule has 1 aliphatic carbocycles. The number of fused-ring (bicyclic) bond motifs is 1. The molecule has 96 valence electrons. The fourth-order valence-electron chi connectivity index (χ4n) is 2.86. The van der Waals surface area contributed by atoms with Crippen LogP contribution in [-0.4, -0.2) is 16.5 Å². The second kappa shape index (κ2) is 4.02. The van der Waals surface area contributed by atoms with Gasteiger partial charge in [-0.25, -0.2) is 13.8 Å². The molecule has 0 bridgehead atoms. The molecule has 0 amide bonds. The van der Waals surface area contributed by atoms with Gasteiger partial charge in [0.15, 0.2) is 11.6 Å². The first kappa shape index (κ1) is 11.6. The van der Waals surface area contributed by atoms with Crippen LogP contribution in [0.5, 0.6) is 0 Å². The number of rotatable bonds is 2. The number of halogens is 2. The van der Waals surface area contributed by atoms with Crippen molar-refractivity contribution in [2.45, 2.75) is 31.1 Å². The van der Waals surface area contributed by atoms with E-state index in [1.54, 1.807) is 0 Å². The quantitative estimate of drug-likeness (QED) is 0.862. The first-order chi connectivity index (χ1) is 8.66. The molecular weight excluding hydrogens is 236 g/mol. The van der Waals surface area contributed by atoms with Crippen molar-refractivity contribution in [3.05, 3.63) is 29.6 Å². The van der Waals surface area contributed by atoms with Gasteiger partial charge >= 0.3 is 0 Å². The summed E-state index contributed by atoms with van der Waals surface area (Å²) in [6, 6.07) is 2.63. The molecule has 18 heavy (non-hydrogen) atoms. The summed E-state index contributed by atoms with van der Waals surface area (Å²) in [5, 5.41) is 0. The molecule has 1 saturated carbocycles. The Labute approximate surface area is 103 Å². The van der Waals surface area contributed by atoms with Gasteiger partial charge in [0.25, 0.3) is 0 Å². The molecular formula is C13H15F2N3. The first-order valence-electron chi connectivity index (χ1n) is 6.20. The van der Waals surface area contributed by atoms with Crippen molar-refractivity contribution in [3.63, 3.8) is 0 Å². The van der Waals surface area contributed by atoms with Crippen LogP contribution in [0.2, 0.25) is 0 Å². The van der Waals surface area contributed by atoms with Gasteiger partial charge in [0.05, 0.1) is 5.52 Å². The maximum Gasteiger partial charge on any atom is 0.186 e. The molecule has 5 heteroatoms. The molecule has 1 fully saturated rings. The molecule has 1 aromatic heterocycles. The van der Waals surface area contributed by atoms with Crippen LogP contribution < -0.4 is 5.73 Å². The van der Waals surface area contributed by atoms with Crippen LogP contribution in [0.25, 0.3) is 11.0 Å². The average Bonchev–Trinajstić information content (AvgIpc) is 3.01. The van der Waals surface area contributed by atoms with E-state index in [2.05, 4.69) is 9.97 Å². The van der Waals surface area contributed by atoms with Crippen molar-refractivity contribution in [3.8, 4) is 0 Å². The Hall–Kier alpha value is -1.49. The zero-order valence-corrected chi connectivity index (χ0v) is 9.97. The first-order valence-corrected chi connectivity index (χ1v) is 6.20. The monoisotopic (exact) mass is 251 g/mol. The smallest absolute Gasteiger partial charge is 0.186 e. The lowest BCUT2D eigenvalue weighted by Crippen LogP contribution is -2.33. The zero-order valence-electron chi connectivity index (χ0n) is 9.97. The number of benzene rings is 1. The molecule has 3 rings (SSSR count). The van der Waals surface area contributed by atoms with Gasteiger partial charge in [-0.3, -0.25) is 0 Å². The number of nitrogens with two attached hydrogens (primary N) is 1. The maximum atomic E-state index is 13.6. The summed E-state index contributed by atoms with van der Waals surface area (Å²) in [5.74, 6) is -1.06. The molecule has 0 aliphatic heterocycles. The highest BCUT2D eigenvalue weighted by Gasteiger charge is 2.37. The van der Waals surface area contributed by atoms with Crippen molar-refractivity contribution in [1.82, 2.24) is 9.97 Å². The Kier molecular flexibility index (Phi) is 2.59. The molecule has 0 spiro atoms. The van der Waals surface area contributed by atoms with E-state index in [1.165, 1.54) is 6.07 Å². The van der Waals surface area contributed by atoms with Crippen molar-refractivity contribution < 1.29 is 8.78 Å². The third kappa shape index (κ3) is 1.54. The lowest BCUT2D eigenvalue weighted by atomic mass is 9.85. The van der Waals surface area contributed by atoms with E-state index in [0.29, 0.717) is 17.9 Å². The molecule has 0 saturated heterocycles. The summed E-state index contributed by atoms with van der Waals surface area (Å²) < 4.78 is 26.8. The van der Waals surface area contributed by atoms with E-state index < -0.39 is 11.6 Å². The molecule has 2 aromatic rings. The minimum Gasteiger partial charge on any atom is -0.341 e. The largest absolute Gasteiger partial charge is 0.341 e. The summed E-state index contributed by atoms with van der Waals surface area (Å²) in [6.45, 7) is 0.483. The van der Waals surface area contributed by atoms with Gasteiger partial charge in [-0.15, -0.1) is 0 Å². The number of hydrogen-bond donors (Lipinski definition) is 2. The third-order valence-corrected chi connectivity index (χ3v) is 4.00. The lowest BCUT2D eigenvalue weighted by Gasteiger charge is -2.24. The predicted octanol–water partition coefficient (Wildman–Crippen LogP) is 2.61. The van der Waals surface area contributed by atoms with Crippen LogP contribution in [0.3, 0.4) is 0 Å². The molecule has 3 nitrogen and oxygen atoms in total. The number of aromatic amines is 1. The second-order valence-corrected chi connectivity index (χ2v) is 5.03. The number of imidazole rings is 1. The minimum atomic E-state index is -0.889. The highest BCUT2D eigenvalue weighted by Crippen LogP contribution is 2.39. The van der Waals surface area contributed by atoms with Crippen LogP contribution in [0, 0.1) is 11.6 Å². The summed E-state index contributed by atoms with van der Waals surface area (Å²) in [4.78, 5) is 7.35. The summed E-state index contributed by atoms with van der Waals surface area (Å²) in [7, 11) is 0. The van der Waals surface area contributed by atoms with Gasteiger partial charge in [0.2, 0.25) is 0 Å². The number of aromatic nitrogens is 2. The normalized spacial score (nSPS) is 18.6. The van der Waals surface area contributed by atoms with E-state index in [0.717, 1.165) is 31.7 Å². The van der Waals surface area contributed by atoms with Crippen LogP contribution in [-0.2, 0) is 5.41 Å². The summed E-state index contributed by atoms with van der Waals surface area (Å²) >= 11 is 0. The van der Waals surface area contributed by atoms with E-state index in [1.807, 2.05) is 0 Å². The van der Waals surface area contributed by atoms with Gasteiger partial charge in [-0.05, 0) is 25.0 Å². The number of hydrogen-bond acceptors (Lipinski definition) is 2. The summed E-state index contributed by atoms with van der Waals surface area (Å²) in [6.07, 6.45) is 4.11. The molecule has 0 atom stereocenters. The highest BCUT2D eigenvalue weighted by molar-refractivity contribution is 5.76. The lowest BCUT2D eigenvalue weighted by molar-refractivity contribution is 0.429. The molecule has 0 unspecified atom stereocenters. The van der Waals surface area contributed by atoms with Gasteiger partial charge < -0.3 is 10.7 Å². The number of H-pyrrole nitrogens is 1. The molecule has 3 N–H and O–H groups in total. The van der Waals surface area contributed by atoms with Gasteiger partial charge in [-0.1, -0.05) is 12.8 Å². The highest BCUT2D eigenvalue weighted by atomic mass is 19.2. The van der Waals surface area contributed by atoms with Crippen LogP contribution in [0.1, 0.15) is 31.5 Å². The maximum absolute atomic E-state index is 13.6. The van der Waals surface area contributed by atoms with Gasteiger partial charge in [-0.2, -0.15) is 0 Å². The van der Waals surface area contributed by atoms with E-state index in [4.69, 9.17) is 5.73 Å². The predicted molar refractivity (Wildman–Crippen MR) is 65.2 cm³/mol. The Morgan fingerprint density at radius 2 is 2.00 bits per heavy atom. The van der Waals surface area contributed by atoms with Crippen LogP contribution >= 0.6 is 0 Å².